The number of nitrogens with zero attached hydrogens (tertiary/aromatic N) is 3. The predicted molar refractivity (Wildman–Crippen MR) is 85.7 cm³/mol. The molecule has 0 aliphatic carbocycles. The Balaban J connectivity index is 1.56. The molecule has 0 N–H and O–H groups in total. The van der Waals surface area contributed by atoms with E-state index in [2.05, 4.69) is 35.8 Å². The van der Waals surface area contributed by atoms with Crippen LogP contribution in [0.3, 0.4) is 0 Å². The zero-order chi connectivity index (χ0) is 16.4. The first-order valence-corrected chi connectivity index (χ1v) is 7.82. The molecule has 0 unspecified atom stereocenters. The van der Waals surface area contributed by atoms with Gasteiger partial charge in [0, 0.05) is 12.0 Å². The molecular formula is C17H23N3O3. The second-order valence-corrected chi connectivity index (χ2v) is 6.96. The van der Waals surface area contributed by atoms with Gasteiger partial charge in [0.05, 0.1) is 6.54 Å². The van der Waals surface area contributed by atoms with Crippen molar-refractivity contribution in [2.24, 2.45) is 0 Å². The molecule has 6 nitrogen and oxygen atoms in total. The Morgan fingerprint density at radius 1 is 1.22 bits per heavy atom. The Morgan fingerprint density at radius 2 is 1.96 bits per heavy atom. The lowest BCUT2D eigenvalue weighted by atomic mass is 9.96. The maximum absolute atomic E-state index is 5.97. The Kier molecular flexibility index (Phi) is 4.26. The van der Waals surface area contributed by atoms with Crippen LogP contribution in [0.4, 0.5) is 0 Å². The van der Waals surface area contributed by atoms with Gasteiger partial charge in [-0.1, -0.05) is 38.1 Å². The highest BCUT2D eigenvalue weighted by atomic mass is 16.6. The van der Waals surface area contributed by atoms with Gasteiger partial charge in [-0.05, 0) is 19.2 Å². The van der Waals surface area contributed by atoms with Crippen LogP contribution in [0.1, 0.15) is 32.5 Å². The van der Waals surface area contributed by atoms with Crippen LogP contribution in [0.15, 0.2) is 28.8 Å². The molecule has 0 fully saturated rings. The number of fused-ring (bicyclic) bond motifs is 1. The highest BCUT2D eigenvalue weighted by molar-refractivity contribution is 5.40. The fourth-order valence-electron chi connectivity index (χ4n) is 2.42. The van der Waals surface area contributed by atoms with Crippen molar-refractivity contribution in [1.82, 2.24) is 15.0 Å². The number of likely N-dealkylation sites (N-methyl/N-ethyl adjacent to an activating group) is 1. The zero-order valence-electron chi connectivity index (χ0n) is 14.1. The van der Waals surface area contributed by atoms with Crippen LogP contribution in [-0.2, 0) is 12.0 Å². The fraction of sp³-hybridized carbons (Fsp3) is 0.529. The largest absolute Gasteiger partial charge is 0.486 e. The summed E-state index contributed by atoms with van der Waals surface area (Å²) in [6.07, 6.45) is -0.0140. The minimum atomic E-state index is -0.107. The molecule has 1 aromatic heterocycles. The van der Waals surface area contributed by atoms with Crippen molar-refractivity contribution in [3.63, 3.8) is 0 Å². The van der Waals surface area contributed by atoms with E-state index in [1.165, 1.54) is 0 Å². The SMILES string of the molecule is CN(Cc1nc(C(C)(C)C)no1)C[C@H]1COc2ccccc2O1. The van der Waals surface area contributed by atoms with Crippen molar-refractivity contribution in [1.29, 1.82) is 0 Å². The van der Waals surface area contributed by atoms with Crippen LogP contribution < -0.4 is 9.47 Å². The molecule has 0 saturated carbocycles. The minimum Gasteiger partial charge on any atom is -0.486 e. The summed E-state index contributed by atoms with van der Waals surface area (Å²) in [6, 6.07) is 7.73. The van der Waals surface area contributed by atoms with Crippen molar-refractivity contribution >= 4 is 0 Å². The average Bonchev–Trinajstić information content (AvgIpc) is 2.95. The maximum atomic E-state index is 5.97. The van der Waals surface area contributed by atoms with E-state index in [1.54, 1.807) is 0 Å². The van der Waals surface area contributed by atoms with E-state index in [9.17, 15) is 0 Å². The van der Waals surface area contributed by atoms with E-state index in [0.29, 0.717) is 19.0 Å². The van der Waals surface area contributed by atoms with Gasteiger partial charge in [0.15, 0.2) is 17.3 Å². The Labute approximate surface area is 136 Å². The smallest absolute Gasteiger partial charge is 0.240 e. The summed E-state index contributed by atoms with van der Waals surface area (Å²) in [5.74, 6) is 2.95. The molecule has 0 spiro atoms. The molecule has 0 amide bonds. The van der Waals surface area contributed by atoms with E-state index in [4.69, 9.17) is 14.0 Å². The van der Waals surface area contributed by atoms with Crippen molar-refractivity contribution in [3.05, 3.63) is 36.0 Å². The minimum absolute atomic E-state index is 0.0140. The van der Waals surface area contributed by atoms with Gasteiger partial charge in [0.25, 0.3) is 0 Å². The molecule has 2 heterocycles. The average molecular weight is 317 g/mol. The first-order chi connectivity index (χ1) is 10.9. The first-order valence-electron chi connectivity index (χ1n) is 7.82. The summed E-state index contributed by atoms with van der Waals surface area (Å²) in [6.45, 7) is 8.05. The Hall–Kier alpha value is -2.08. The standard InChI is InChI=1S/C17H23N3O3/c1-17(2,3)16-18-15(23-19-16)10-20(4)9-12-11-21-13-7-5-6-8-14(13)22-12/h5-8,12H,9-11H2,1-4H3/t12-/m0/s1. The van der Waals surface area contributed by atoms with Gasteiger partial charge < -0.3 is 14.0 Å². The molecule has 2 aromatic rings. The van der Waals surface area contributed by atoms with Crippen LogP contribution in [-0.4, -0.2) is 41.3 Å². The zero-order valence-corrected chi connectivity index (χ0v) is 14.1. The van der Waals surface area contributed by atoms with E-state index in [-0.39, 0.29) is 11.5 Å². The number of hydrogen-bond donors (Lipinski definition) is 0. The van der Waals surface area contributed by atoms with Gasteiger partial charge in [-0.3, -0.25) is 4.90 Å². The van der Waals surface area contributed by atoms with E-state index in [1.807, 2.05) is 31.3 Å². The topological polar surface area (TPSA) is 60.6 Å². The molecular weight excluding hydrogens is 294 g/mol. The van der Waals surface area contributed by atoms with Gasteiger partial charge >= 0.3 is 0 Å². The van der Waals surface area contributed by atoms with Gasteiger partial charge in [0.1, 0.15) is 12.7 Å². The van der Waals surface area contributed by atoms with Gasteiger partial charge in [-0.15, -0.1) is 0 Å². The quantitative estimate of drug-likeness (QED) is 0.864. The van der Waals surface area contributed by atoms with Crippen molar-refractivity contribution in [2.75, 3.05) is 20.2 Å². The molecule has 0 saturated heterocycles. The number of para-hydroxylation sites is 2. The summed E-state index contributed by atoms with van der Waals surface area (Å²) in [5.41, 5.74) is -0.107. The highest BCUT2D eigenvalue weighted by Crippen LogP contribution is 2.31. The van der Waals surface area contributed by atoms with Crippen LogP contribution in [0.2, 0.25) is 0 Å². The summed E-state index contributed by atoms with van der Waals surface area (Å²) >= 11 is 0. The van der Waals surface area contributed by atoms with E-state index in [0.717, 1.165) is 23.9 Å². The van der Waals surface area contributed by atoms with E-state index >= 15 is 0 Å². The lowest BCUT2D eigenvalue weighted by molar-refractivity contribution is 0.0613. The highest BCUT2D eigenvalue weighted by Gasteiger charge is 2.24. The number of ether oxygens (including phenoxy) is 2. The molecule has 1 atom stereocenters. The van der Waals surface area contributed by atoms with Crippen molar-refractivity contribution in [2.45, 2.75) is 38.8 Å². The molecule has 0 bridgehead atoms. The second kappa shape index (κ2) is 6.20. The molecule has 23 heavy (non-hydrogen) atoms. The number of aromatic nitrogens is 2. The molecule has 1 aliphatic rings. The fourth-order valence-corrected chi connectivity index (χ4v) is 2.42. The lowest BCUT2D eigenvalue weighted by Crippen LogP contribution is -2.39. The van der Waals surface area contributed by atoms with Crippen LogP contribution >= 0.6 is 0 Å². The summed E-state index contributed by atoms with van der Waals surface area (Å²) < 4.78 is 17.0. The molecule has 124 valence electrons. The summed E-state index contributed by atoms with van der Waals surface area (Å²) in [4.78, 5) is 6.56. The van der Waals surface area contributed by atoms with Gasteiger partial charge in [-0.25, -0.2) is 0 Å². The number of hydrogen-bond acceptors (Lipinski definition) is 6. The molecule has 6 heteroatoms. The third kappa shape index (κ3) is 3.82. The maximum Gasteiger partial charge on any atom is 0.240 e. The summed E-state index contributed by atoms with van der Waals surface area (Å²) in [5, 5.41) is 4.05. The van der Waals surface area contributed by atoms with Crippen LogP contribution in [0.5, 0.6) is 11.5 Å². The predicted octanol–water partition coefficient (Wildman–Crippen LogP) is 2.64. The van der Waals surface area contributed by atoms with Crippen molar-refractivity contribution < 1.29 is 14.0 Å². The third-order valence-electron chi connectivity index (χ3n) is 3.63. The first kappa shape index (κ1) is 15.8. The number of rotatable bonds is 4. The molecule has 3 rings (SSSR count). The van der Waals surface area contributed by atoms with Crippen LogP contribution in [0.25, 0.3) is 0 Å². The van der Waals surface area contributed by atoms with E-state index < -0.39 is 0 Å². The third-order valence-corrected chi connectivity index (χ3v) is 3.63. The van der Waals surface area contributed by atoms with Gasteiger partial charge in [0.2, 0.25) is 5.89 Å². The normalized spacial score (nSPS) is 17.5. The van der Waals surface area contributed by atoms with Crippen molar-refractivity contribution in [3.8, 4) is 11.5 Å². The number of benzene rings is 1. The summed E-state index contributed by atoms with van der Waals surface area (Å²) in [7, 11) is 2.00. The van der Waals surface area contributed by atoms with Gasteiger partial charge in [-0.2, -0.15) is 4.98 Å². The molecule has 1 aliphatic heterocycles. The second-order valence-electron chi connectivity index (χ2n) is 6.96. The Morgan fingerprint density at radius 3 is 2.65 bits per heavy atom. The monoisotopic (exact) mass is 317 g/mol. The van der Waals surface area contributed by atoms with Crippen LogP contribution in [0, 0.1) is 0 Å². The molecule has 1 aromatic carbocycles. The molecule has 0 radical (unpaired) electrons. The Bertz CT molecular complexity index is 663. The lowest BCUT2D eigenvalue weighted by Gasteiger charge is -2.29.